The lowest BCUT2D eigenvalue weighted by Gasteiger charge is -2.16. The average Bonchev–Trinajstić information content (AvgIpc) is 3.10. The van der Waals surface area contributed by atoms with Crippen LogP contribution in [0.1, 0.15) is 32.1 Å². The highest BCUT2D eigenvalue weighted by Gasteiger charge is 2.55. The molecule has 5 rings (SSSR count). The third-order valence-corrected chi connectivity index (χ3v) is 6.35. The van der Waals surface area contributed by atoms with Gasteiger partial charge >= 0.3 is 0 Å². The van der Waals surface area contributed by atoms with E-state index in [0.29, 0.717) is 17.6 Å². The molecule has 3 fully saturated rings. The van der Waals surface area contributed by atoms with Gasteiger partial charge in [0, 0.05) is 41.6 Å². The van der Waals surface area contributed by atoms with E-state index in [4.69, 9.17) is 0 Å². The van der Waals surface area contributed by atoms with E-state index in [0.717, 1.165) is 18.9 Å². The zero-order chi connectivity index (χ0) is 18.1. The predicted octanol–water partition coefficient (Wildman–Crippen LogP) is 3.22. The first kappa shape index (κ1) is 17.0. The molecular formula is C22H29N5. The molecule has 3 heterocycles. The normalized spacial score (nSPS) is 29.2. The lowest BCUT2D eigenvalue weighted by molar-refractivity contribution is 0.585. The van der Waals surface area contributed by atoms with Gasteiger partial charge in [-0.3, -0.25) is 0 Å². The van der Waals surface area contributed by atoms with E-state index >= 15 is 0 Å². The fourth-order valence-corrected chi connectivity index (χ4v) is 4.70. The van der Waals surface area contributed by atoms with Crippen LogP contribution in [0.2, 0.25) is 0 Å². The highest BCUT2D eigenvalue weighted by atomic mass is 15.2. The van der Waals surface area contributed by atoms with Gasteiger partial charge in [-0.25, -0.2) is 4.98 Å². The maximum absolute atomic E-state index is 4.61. The summed E-state index contributed by atoms with van der Waals surface area (Å²) >= 11 is 0. The van der Waals surface area contributed by atoms with Gasteiger partial charge in [-0.1, -0.05) is 12.1 Å². The first-order valence-corrected chi connectivity index (χ1v) is 10.4. The molecule has 0 amide bonds. The van der Waals surface area contributed by atoms with Crippen molar-refractivity contribution in [2.75, 3.05) is 30.3 Å². The van der Waals surface area contributed by atoms with E-state index in [-0.39, 0.29) is 0 Å². The topological polar surface area (TPSA) is 61.0 Å². The van der Waals surface area contributed by atoms with Crippen LogP contribution in [0.4, 0.5) is 11.5 Å². The third-order valence-electron chi connectivity index (χ3n) is 6.35. The number of hydrogen-bond donors (Lipinski definition) is 4. The van der Waals surface area contributed by atoms with Crippen molar-refractivity contribution >= 4 is 11.5 Å². The molecule has 3 aliphatic rings. The molecule has 4 N–H and O–H groups in total. The fourth-order valence-electron chi connectivity index (χ4n) is 4.70. The molecule has 1 spiro atoms. The Bertz CT molecular complexity index is 793. The largest absolute Gasteiger partial charge is 0.380 e. The summed E-state index contributed by atoms with van der Waals surface area (Å²) in [5.41, 5.74) is 3.95. The zero-order valence-electron chi connectivity index (χ0n) is 15.8. The zero-order valence-corrected chi connectivity index (χ0v) is 15.8. The number of pyridine rings is 1. The molecule has 1 aromatic carbocycles. The molecule has 2 aliphatic heterocycles. The van der Waals surface area contributed by atoms with E-state index < -0.39 is 0 Å². The van der Waals surface area contributed by atoms with Gasteiger partial charge in [0.25, 0.3) is 0 Å². The van der Waals surface area contributed by atoms with Gasteiger partial charge in [-0.05, 0) is 75.0 Å². The van der Waals surface area contributed by atoms with Crippen molar-refractivity contribution in [1.29, 1.82) is 0 Å². The second kappa shape index (κ2) is 7.13. The van der Waals surface area contributed by atoms with E-state index in [1.165, 1.54) is 55.5 Å². The smallest absolute Gasteiger partial charge is 0.133 e. The minimum absolute atomic E-state index is 0.366. The van der Waals surface area contributed by atoms with Crippen LogP contribution in [0.15, 0.2) is 42.6 Å². The maximum Gasteiger partial charge on any atom is 0.133 e. The van der Waals surface area contributed by atoms with E-state index in [1.54, 1.807) is 0 Å². The minimum atomic E-state index is 0.366. The molecule has 1 saturated carbocycles. The Morgan fingerprint density at radius 3 is 3.00 bits per heavy atom. The first-order chi connectivity index (χ1) is 13.3. The quantitative estimate of drug-likeness (QED) is 0.635. The fraction of sp³-hybridized carbons (Fsp3) is 0.500. The molecule has 2 aromatic rings. The molecule has 27 heavy (non-hydrogen) atoms. The van der Waals surface area contributed by atoms with Gasteiger partial charge in [0.15, 0.2) is 0 Å². The second-order valence-electron chi connectivity index (χ2n) is 8.24. The summed E-state index contributed by atoms with van der Waals surface area (Å²) in [5.74, 6) is 0.976. The number of aromatic nitrogens is 1. The number of anilines is 2. The first-order valence-electron chi connectivity index (χ1n) is 10.4. The van der Waals surface area contributed by atoms with Crippen LogP contribution in [-0.4, -0.2) is 42.2 Å². The highest BCUT2D eigenvalue weighted by molar-refractivity contribution is 5.77. The Morgan fingerprint density at radius 2 is 2.15 bits per heavy atom. The predicted molar refractivity (Wildman–Crippen MR) is 111 cm³/mol. The van der Waals surface area contributed by atoms with Crippen LogP contribution >= 0.6 is 0 Å². The molecule has 3 atom stereocenters. The van der Waals surface area contributed by atoms with Crippen molar-refractivity contribution < 1.29 is 0 Å². The van der Waals surface area contributed by atoms with Gasteiger partial charge in [0.2, 0.25) is 0 Å². The lowest BCUT2D eigenvalue weighted by Crippen LogP contribution is -2.30. The van der Waals surface area contributed by atoms with E-state index in [2.05, 4.69) is 56.6 Å². The SMILES string of the molecule is c1cc(NC2CC23CCCN3)cc(-c2cccnc2NC[C@@H]2CCCN2)c1. The molecule has 2 saturated heterocycles. The van der Waals surface area contributed by atoms with Crippen molar-refractivity contribution in [2.24, 2.45) is 0 Å². The molecule has 1 aromatic heterocycles. The second-order valence-corrected chi connectivity index (χ2v) is 8.24. The van der Waals surface area contributed by atoms with E-state index in [1.807, 2.05) is 12.3 Å². The summed E-state index contributed by atoms with van der Waals surface area (Å²) in [7, 11) is 0. The summed E-state index contributed by atoms with van der Waals surface area (Å²) in [6.45, 7) is 3.23. The van der Waals surface area contributed by atoms with E-state index in [9.17, 15) is 0 Å². The molecule has 5 nitrogen and oxygen atoms in total. The van der Waals surface area contributed by atoms with Crippen LogP contribution in [0.25, 0.3) is 11.1 Å². The Labute approximate surface area is 161 Å². The third kappa shape index (κ3) is 3.54. The van der Waals surface area contributed by atoms with Crippen LogP contribution in [-0.2, 0) is 0 Å². The Balaban J connectivity index is 1.31. The summed E-state index contributed by atoms with van der Waals surface area (Å²) in [6, 6.07) is 14.1. The molecule has 1 aliphatic carbocycles. The molecule has 5 heteroatoms. The van der Waals surface area contributed by atoms with Crippen molar-refractivity contribution in [3.63, 3.8) is 0 Å². The number of hydrogen-bond acceptors (Lipinski definition) is 5. The Morgan fingerprint density at radius 1 is 1.15 bits per heavy atom. The summed E-state index contributed by atoms with van der Waals surface area (Å²) < 4.78 is 0. The monoisotopic (exact) mass is 363 g/mol. The van der Waals surface area contributed by atoms with Crippen molar-refractivity contribution in [2.45, 2.75) is 49.7 Å². The number of nitrogens with one attached hydrogen (secondary N) is 4. The van der Waals surface area contributed by atoms with Crippen molar-refractivity contribution in [3.05, 3.63) is 42.6 Å². The van der Waals surface area contributed by atoms with Crippen molar-refractivity contribution in [1.82, 2.24) is 15.6 Å². The van der Waals surface area contributed by atoms with Gasteiger partial charge in [-0.2, -0.15) is 0 Å². The molecule has 0 radical (unpaired) electrons. The van der Waals surface area contributed by atoms with Gasteiger partial charge < -0.3 is 21.3 Å². The maximum atomic E-state index is 4.61. The highest BCUT2D eigenvalue weighted by Crippen LogP contribution is 2.45. The van der Waals surface area contributed by atoms with Gasteiger partial charge in [0.05, 0.1) is 0 Å². The number of rotatable bonds is 6. The molecule has 2 unspecified atom stereocenters. The molecular weight excluding hydrogens is 334 g/mol. The van der Waals surface area contributed by atoms with Gasteiger partial charge in [0.1, 0.15) is 5.82 Å². The van der Waals surface area contributed by atoms with Crippen LogP contribution < -0.4 is 21.3 Å². The van der Waals surface area contributed by atoms with Gasteiger partial charge in [-0.15, -0.1) is 0 Å². The molecule has 0 bridgehead atoms. The number of benzene rings is 1. The lowest BCUT2D eigenvalue weighted by atomic mass is 10.1. The Hall–Kier alpha value is -2.11. The summed E-state index contributed by atoms with van der Waals surface area (Å²) in [5, 5.41) is 14.5. The summed E-state index contributed by atoms with van der Waals surface area (Å²) in [4.78, 5) is 4.61. The minimum Gasteiger partial charge on any atom is -0.380 e. The standard InChI is InChI=1S/C22H29N5/c1-5-16(13-17(6-1)27-20-14-22(20)9-4-12-26-22)19-8-3-11-24-21(19)25-15-18-7-2-10-23-18/h1,3,5-6,8,11,13,18,20,23,26-27H,2,4,7,9-10,12,14-15H2,(H,24,25)/t18-,20?,22?/m0/s1. The Kier molecular flexibility index (Phi) is 4.50. The van der Waals surface area contributed by atoms with Crippen LogP contribution in [0.3, 0.4) is 0 Å². The average molecular weight is 364 g/mol. The van der Waals surface area contributed by atoms with Crippen molar-refractivity contribution in [3.8, 4) is 11.1 Å². The van der Waals surface area contributed by atoms with Crippen LogP contribution in [0.5, 0.6) is 0 Å². The summed E-state index contributed by atoms with van der Waals surface area (Å²) in [6.07, 6.45) is 8.23. The number of nitrogens with zero attached hydrogens (tertiary/aromatic N) is 1. The van der Waals surface area contributed by atoms with Crippen LogP contribution in [0, 0.1) is 0 Å². The molecule has 142 valence electrons.